The highest BCUT2D eigenvalue weighted by Crippen LogP contribution is 2.09. The lowest BCUT2D eigenvalue weighted by Crippen LogP contribution is -2.14. The van der Waals surface area contributed by atoms with Gasteiger partial charge in [-0.15, -0.1) is 0 Å². The Kier molecular flexibility index (Phi) is 14.8. The minimum atomic E-state index is 0.855. The van der Waals surface area contributed by atoms with Gasteiger partial charge < -0.3 is 10.1 Å². The molecule has 1 N–H and O–H groups in total. The van der Waals surface area contributed by atoms with Crippen LogP contribution in [0.2, 0.25) is 0 Å². The van der Waals surface area contributed by atoms with E-state index in [1.54, 1.807) is 0 Å². The Morgan fingerprint density at radius 1 is 0.750 bits per heavy atom. The molecule has 0 aromatic carbocycles. The average Bonchev–Trinajstić information content (AvgIpc) is 2.31. The van der Waals surface area contributed by atoms with Crippen LogP contribution in [0.3, 0.4) is 0 Å². The summed E-state index contributed by atoms with van der Waals surface area (Å²) in [6.07, 6.45) is 12.5. The Bertz CT molecular complexity index is 103. The normalized spacial score (nSPS) is 10.9. The molecule has 0 unspecified atom stereocenters. The molecular weight excluding hydrogens is 198 g/mol. The van der Waals surface area contributed by atoms with Crippen molar-refractivity contribution in [1.82, 2.24) is 5.32 Å². The molecule has 16 heavy (non-hydrogen) atoms. The van der Waals surface area contributed by atoms with E-state index in [0.29, 0.717) is 0 Å². The van der Waals surface area contributed by atoms with Gasteiger partial charge >= 0.3 is 0 Å². The van der Waals surface area contributed by atoms with Crippen molar-refractivity contribution in [2.24, 2.45) is 0 Å². The number of rotatable bonds is 13. The number of hydrogen-bond acceptors (Lipinski definition) is 2. The van der Waals surface area contributed by atoms with Crippen LogP contribution in [0.1, 0.15) is 64.7 Å². The molecule has 0 radical (unpaired) electrons. The zero-order chi connectivity index (χ0) is 11.9. The van der Waals surface area contributed by atoms with Gasteiger partial charge in [0.1, 0.15) is 0 Å². The smallest absolute Gasteiger partial charge is 0.0590 e. The Hall–Kier alpha value is -0.0800. The molecular formula is C14H31NO. The molecule has 0 rings (SSSR count). The molecule has 0 aliphatic heterocycles. The van der Waals surface area contributed by atoms with Gasteiger partial charge in [-0.05, 0) is 13.5 Å². The first-order valence-electron chi connectivity index (χ1n) is 7.14. The highest BCUT2D eigenvalue weighted by Gasteiger charge is 1.92. The predicted molar refractivity (Wildman–Crippen MR) is 72.0 cm³/mol. The molecule has 0 saturated carbocycles. The third-order valence-corrected chi connectivity index (χ3v) is 2.89. The summed E-state index contributed by atoms with van der Waals surface area (Å²) in [5.41, 5.74) is 0. The molecule has 0 spiro atoms. The molecule has 0 aromatic heterocycles. The van der Waals surface area contributed by atoms with Gasteiger partial charge in [0.15, 0.2) is 0 Å². The van der Waals surface area contributed by atoms with Gasteiger partial charge in [-0.3, -0.25) is 0 Å². The number of unbranched alkanes of at least 4 members (excludes halogenated alkanes) is 8. The van der Waals surface area contributed by atoms with Crippen molar-refractivity contribution in [3.63, 3.8) is 0 Å². The van der Waals surface area contributed by atoms with E-state index in [0.717, 1.165) is 19.8 Å². The molecule has 0 heterocycles. The first-order chi connectivity index (χ1) is 7.91. The fourth-order valence-electron chi connectivity index (χ4n) is 1.79. The first-order valence-corrected chi connectivity index (χ1v) is 7.14. The van der Waals surface area contributed by atoms with Gasteiger partial charge in [-0.2, -0.15) is 0 Å². The van der Waals surface area contributed by atoms with Gasteiger partial charge in [0, 0.05) is 13.2 Å². The zero-order valence-electron chi connectivity index (χ0n) is 11.4. The Morgan fingerprint density at radius 3 is 1.88 bits per heavy atom. The van der Waals surface area contributed by atoms with Crippen LogP contribution in [0, 0.1) is 0 Å². The van der Waals surface area contributed by atoms with Crippen LogP contribution >= 0.6 is 0 Å². The summed E-state index contributed by atoms with van der Waals surface area (Å²) in [5.74, 6) is 0. The van der Waals surface area contributed by atoms with Gasteiger partial charge in [-0.1, -0.05) is 58.3 Å². The van der Waals surface area contributed by atoms with Crippen LogP contribution in [0.15, 0.2) is 0 Å². The quantitative estimate of drug-likeness (QED) is 0.486. The van der Waals surface area contributed by atoms with Gasteiger partial charge in [0.25, 0.3) is 0 Å². The van der Waals surface area contributed by atoms with E-state index in [1.165, 1.54) is 57.8 Å². The van der Waals surface area contributed by atoms with Gasteiger partial charge in [0.2, 0.25) is 0 Å². The van der Waals surface area contributed by atoms with E-state index >= 15 is 0 Å². The predicted octanol–water partition coefficient (Wildman–Crippen LogP) is 3.75. The minimum Gasteiger partial charge on any atom is -0.380 e. The molecule has 0 atom stereocenters. The number of hydrogen-bond donors (Lipinski definition) is 1. The molecule has 0 amide bonds. The lowest BCUT2D eigenvalue weighted by molar-refractivity contribution is 0.133. The molecule has 0 aliphatic rings. The molecule has 0 bridgehead atoms. The van der Waals surface area contributed by atoms with E-state index in [-0.39, 0.29) is 0 Å². The highest BCUT2D eigenvalue weighted by molar-refractivity contribution is 4.46. The second-order valence-electron chi connectivity index (χ2n) is 4.54. The summed E-state index contributed by atoms with van der Waals surface area (Å²) in [7, 11) is 1.96. The molecule has 2 nitrogen and oxygen atoms in total. The highest BCUT2D eigenvalue weighted by atomic mass is 16.5. The molecule has 0 saturated heterocycles. The third-order valence-electron chi connectivity index (χ3n) is 2.89. The number of nitrogens with one attached hydrogen (secondary N) is 1. The first kappa shape index (κ1) is 15.9. The van der Waals surface area contributed by atoms with Crippen molar-refractivity contribution in [2.45, 2.75) is 64.7 Å². The Balaban J connectivity index is 2.83. The Morgan fingerprint density at radius 2 is 1.31 bits per heavy atom. The van der Waals surface area contributed by atoms with Crippen molar-refractivity contribution in [2.75, 3.05) is 26.8 Å². The van der Waals surface area contributed by atoms with E-state index in [9.17, 15) is 0 Å². The molecule has 0 fully saturated rings. The maximum absolute atomic E-state index is 5.47. The molecule has 0 aliphatic carbocycles. The topological polar surface area (TPSA) is 21.3 Å². The van der Waals surface area contributed by atoms with Crippen molar-refractivity contribution in [1.29, 1.82) is 0 Å². The molecule has 2 heteroatoms. The fraction of sp³-hybridized carbons (Fsp3) is 1.00. The summed E-state index contributed by atoms with van der Waals surface area (Å²) < 4.78 is 5.47. The van der Waals surface area contributed by atoms with E-state index in [1.807, 2.05) is 7.05 Å². The summed E-state index contributed by atoms with van der Waals surface area (Å²) >= 11 is 0. The number of likely N-dealkylation sites (N-methyl/N-ethyl adjacent to an activating group) is 1. The molecule has 98 valence electrons. The van der Waals surface area contributed by atoms with Crippen LogP contribution < -0.4 is 5.32 Å². The van der Waals surface area contributed by atoms with E-state index < -0.39 is 0 Å². The average molecular weight is 229 g/mol. The summed E-state index contributed by atoms with van der Waals surface area (Å²) in [5, 5.41) is 3.08. The molecule has 0 aromatic rings. The summed E-state index contributed by atoms with van der Waals surface area (Å²) in [6, 6.07) is 0. The van der Waals surface area contributed by atoms with E-state index in [4.69, 9.17) is 4.74 Å². The van der Waals surface area contributed by atoms with Crippen LogP contribution in [-0.2, 0) is 4.74 Å². The van der Waals surface area contributed by atoms with Gasteiger partial charge in [-0.25, -0.2) is 0 Å². The minimum absolute atomic E-state index is 0.855. The lowest BCUT2D eigenvalue weighted by atomic mass is 10.1. The van der Waals surface area contributed by atoms with E-state index in [2.05, 4.69) is 12.2 Å². The Labute approximate surface area is 102 Å². The third kappa shape index (κ3) is 13.9. The summed E-state index contributed by atoms with van der Waals surface area (Å²) in [6.45, 7) is 5.04. The standard InChI is InChI=1S/C14H31NO/c1-3-4-5-6-7-8-9-10-11-13-16-14-12-15-2/h15H,3-14H2,1-2H3. The monoisotopic (exact) mass is 229 g/mol. The maximum atomic E-state index is 5.47. The SMILES string of the molecule is CCCCCCCCCCCOCCNC. The van der Waals surface area contributed by atoms with Crippen LogP contribution in [0.4, 0.5) is 0 Å². The van der Waals surface area contributed by atoms with Crippen molar-refractivity contribution in [3.05, 3.63) is 0 Å². The largest absolute Gasteiger partial charge is 0.380 e. The fourth-order valence-corrected chi connectivity index (χ4v) is 1.79. The number of ether oxygens (including phenoxy) is 1. The van der Waals surface area contributed by atoms with Gasteiger partial charge in [0.05, 0.1) is 6.61 Å². The van der Waals surface area contributed by atoms with Crippen LogP contribution in [0.5, 0.6) is 0 Å². The zero-order valence-corrected chi connectivity index (χ0v) is 11.4. The second-order valence-corrected chi connectivity index (χ2v) is 4.54. The summed E-state index contributed by atoms with van der Waals surface area (Å²) in [4.78, 5) is 0. The van der Waals surface area contributed by atoms with Crippen molar-refractivity contribution in [3.8, 4) is 0 Å². The lowest BCUT2D eigenvalue weighted by Gasteiger charge is -2.04. The van der Waals surface area contributed by atoms with Crippen molar-refractivity contribution >= 4 is 0 Å². The van der Waals surface area contributed by atoms with Crippen LogP contribution in [-0.4, -0.2) is 26.8 Å². The second kappa shape index (κ2) is 14.9. The maximum Gasteiger partial charge on any atom is 0.0590 e. The van der Waals surface area contributed by atoms with Crippen LogP contribution in [0.25, 0.3) is 0 Å². The van der Waals surface area contributed by atoms with Crippen molar-refractivity contribution < 1.29 is 4.74 Å².